The van der Waals surface area contributed by atoms with Gasteiger partial charge in [-0.2, -0.15) is 5.10 Å². The number of hydrogen-bond acceptors (Lipinski definition) is 6. The molecule has 8 heteroatoms. The molecule has 2 aliphatic rings. The number of fused-ring (bicyclic) bond motifs is 1. The molecular formula is C30H33N3O5. The molecule has 2 amide bonds. The molecule has 3 aromatic rings. The highest BCUT2D eigenvalue weighted by atomic mass is 16.5. The summed E-state index contributed by atoms with van der Waals surface area (Å²) in [7, 11) is 4.77. The third kappa shape index (κ3) is 4.23. The second kappa shape index (κ2) is 10.0. The normalized spacial score (nSPS) is 17.5. The molecular weight excluding hydrogens is 482 g/mol. The van der Waals surface area contributed by atoms with E-state index in [1.54, 1.807) is 26.3 Å². The quantitative estimate of drug-likeness (QED) is 0.474. The lowest BCUT2D eigenvalue weighted by Crippen LogP contribution is -2.47. The standard InChI is InChI=1S/C30H33N3O5/c1-30(2)27(20-11-13-24(36-3)25(18-20)37-4)31-33(29(30)35)21-14-16-32(17-15-21)28(34)23-12-10-19-8-6-7-9-22(19)26(23)38-5/h6-13,18,21H,14-17H2,1-5H3. The Labute approximate surface area is 222 Å². The smallest absolute Gasteiger partial charge is 0.257 e. The van der Waals surface area contributed by atoms with Crippen LogP contribution in [0.2, 0.25) is 0 Å². The lowest BCUT2D eigenvalue weighted by molar-refractivity contribution is -0.137. The summed E-state index contributed by atoms with van der Waals surface area (Å²) in [4.78, 5) is 28.8. The predicted molar refractivity (Wildman–Crippen MR) is 146 cm³/mol. The third-order valence-electron chi connectivity index (χ3n) is 7.61. The van der Waals surface area contributed by atoms with Gasteiger partial charge in [0.2, 0.25) is 0 Å². The van der Waals surface area contributed by atoms with E-state index < -0.39 is 5.41 Å². The monoisotopic (exact) mass is 515 g/mol. The fourth-order valence-corrected chi connectivity index (χ4v) is 5.43. The zero-order valence-corrected chi connectivity index (χ0v) is 22.5. The number of carbonyl (C=O) groups excluding carboxylic acids is 2. The van der Waals surface area contributed by atoms with Gasteiger partial charge in [0, 0.05) is 24.0 Å². The minimum absolute atomic E-state index is 0.0386. The zero-order chi connectivity index (χ0) is 27.0. The highest BCUT2D eigenvalue weighted by molar-refractivity contribution is 6.19. The van der Waals surface area contributed by atoms with Crippen molar-refractivity contribution in [2.24, 2.45) is 10.5 Å². The van der Waals surface area contributed by atoms with E-state index in [1.165, 1.54) is 0 Å². The Hall–Kier alpha value is -4.07. The van der Waals surface area contributed by atoms with Crippen molar-refractivity contribution >= 4 is 28.3 Å². The maximum atomic E-state index is 13.5. The van der Waals surface area contributed by atoms with Gasteiger partial charge in [0.05, 0.1) is 44.1 Å². The average molecular weight is 516 g/mol. The van der Waals surface area contributed by atoms with Gasteiger partial charge < -0.3 is 19.1 Å². The number of carbonyl (C=O) groups is 2. The van der Waals surface area contributed by atoms with E-state index in [-0.39, 0.29) is 17.9 Å². The maximum absolute atomic E-state index is 13.5. The molecule has 0 saturated carbocycles. The number of hydrogen-bond donors (Lipinski definition) is 0. The Balaban J connectivity index is 1.34. The van der Waals surface area contributed by atoms with E-state index in [1.807, 2.05) is 73.3 Å². The summed E-state index contributed by atoms with van der Waals surface area (Å²) in [5.41, 5.74) is 1.28. The predicted octanol–water partition coefficient (Wildman–Crippen LogP) is 4.74. The molecule has 0 atom stereocenters. The van der Waals surface area contributed by atoms with Crippen LogP contribution >= 0.6 is 0 Å². The van der Waals surface area contributed by atoms with Gasteiger partial charge in [-0.25, -0.2) is 5.01 Å². The Morgan fingerprint density at radius 2 is 1.63 bits per heavy atom. The van der Waals surface area contributed by atoms with Gasteiger partial charge in [-0.3, -0.25) is 9.59 Å². The SMILES string of the molecule is COc1ccc(C2=NN(C3CCN(C(=O)c4ccc5ccccc5c4OC)CC3)C(=O)C2(C)C)cc1OC. The van der Waals surface area contributed by atoms with E-state index in [4.69, 9.17) is 19.3 Å². The summed E-state index contributed by atoms with van der Waals surface area (Å²) in [6.07, 6.45) is 1.29. The number of likely N-dealkylation sites (tertiary alicyclic amines) is 1. The van der Waals surface area contributed by atoms with Gasteiger partial charge in [0.25, 0.3) is 11.8 Å². The van der Waals surface area contributed by atoms with Crippen LogP contribution in [-0.4, -0.2) is 67.9 Å². The minimum atomic E-state index is -0.787. The van der Waals surface area contributed by atoms with Crippen molar-refractivity contribution in [1.82, 2.24) is 9.91 Å². The third-order valence-corrected chi connectivity index (χ3v) is 7.61. The van der Waals surface area contributed by atoms with Crippen molar-refractivity contribution < 1.29 is 23.8 Å². The Morgan fingerprint density at radius 3 is 2.32 bits per heavy atom. The molecule has 2 aliphatic heterocycles. The van der Waals surface area contributed by atoms with Crippen LogP contribution in [-0.2, 0) is 4.79 Å². The first kappa shape index (κ1) is 25.6. The van der Waals surface area contributed by atoms with Crippen molar-refractivity contribution in [3.05, 3.63) is 65.7 Å². The molecule has 1 saturated heterocycles. The minimum Gasteiger partial charge on any atom is -0.495 e. The number of piperidine rings is 1. The van der Waals surface area contributed by atoms with Crippen LogP contribution in [0.25, 0.3) is 10.8 Å². The molecule has 0 unspecified atom stereocenters. The molecule has 2 heterocycles. The summed E-state index contributed by atoms with van der Waals surface area (Å²) in [6.45, 7) is 4.86. The van der Waals surface area contributed by atoms with Crippen molar-refractivity contribution in [2.75, 3.05) is 34.4 Å². The second-order valence-corrected chi connectivity index (χ2v) is 10.2. The Kier molecular flexibility index (Phi) is 6.73. The van der Waals surface area contributed by atoms with Gasteiger partial charge in [-0.05, 0) is 56.3 Å². The van der Waals surface area contributed by atoms with E-state index in [0.717, 1.165) is 16.3 Å². The molecule has 38 heavy (non-hydrogen) atoms. The van der Waals surface area contributed by atoms with E-state index in [0.29, 0.717) is 54.5 Å². The molecule has 5 rings (SSSR count). The van der Waals surface area contributed by atoms with Gasteiger partial charge in [-0.15, -0.1) is 0 Å². The molecule has 3 aromatic carbocycles. The molecule has 8 nitrogen and oxygen atoms in total. The highest BCUT2D eigenvalue weighted by Crippen LogP contribution is 2.38. The van der Waals surface area contributed by atoms with Crippen LogP contribution in [0.15, 0.2) is 59.7 Å². The van der Waals surface area contributed by atoms with Crippen LogP contribution in [0.1, 0.15) is 42.6 Å². The molecule has 0 N–H and O–H groups in total. The molecule has 198 valence electrons. The number of amides is 2. The van der Waals surface area contributed by atoms with Crippen molar-refractivity contribution in [3.8, 4) is 17.2 Å². The van der Waals surface area contributed by atoms with Gasteiger partial charge in [-0.1, -0.05) is 30.3 Å². The van der Waals surface area contributed by atoms with Crippen LogP contribution in [0, 0.1) is 5.41 Å². The highest BCUT2D eigenvalue weighted by Gasteiger charge is 2.47. The second-order valence-electron chi connectivity index (χ2n) is 10.2. The fraction of sp³-hybridized carbons (Fsp3) is 0.367. The number of methoxy groups -OCH3 is 3. The average Bonchev–Trinajstić information content (AvgIpc) is 3.19. The first-order chi connectivity index (χ1) is 18.3. The van der Waals surface area contributed by atoms with Gasteiger partial charge in [0.15, 0.2) is 11.5 Å². The van der Waals surface area contributed by atoms with Crippen molar-refractivity contribution in [3.63, 3.8) is 0 Å². The number of nitrogens with zero attached hydrogens (tertiary/aromatic N) is 3. The first-order valence-corrected chi connectivity index (χ1v) is 12.8. The maximum Gasteiger partial charge on any atom is 0.257 e. The fourth-order valence-electron chi connectivity index (χ4n) is 5.43. The van der Waals surface area contributed by atoms with Gasteiger partial charge in [0.1, 0.15) is 5.75 Å². The van der Waals surface area contributed by atoms with E-state index in [2.05, 4.69) is 0 Å². The summed E-state index contributed by atoms with van der Waals surface area (Å²) < 4.78 is 16.5. The molecule has 0 aliphatic carbocycles. The molecule has 0 radical (unpaired) electrons. The van der Waals surface area contributed by atoms with Gasteiger partial charge >= 0.3 is 0 Å². The van der Waals surface area contributed by atoms with Crippen LogP contribution in [0.5, 0.6) is 17.2 Å². The molecule has 0 spiro atoms. The summed E-state index contributed by atoms with van der Waals surface area (Å²) >= 11 is 0. The first-order valence-electron chi connectivity index (χ1n) is 12.8. The summed E-state index contributed by atoms with van der Waals surface area (Å²) in [6, 6.07) is 17.2. The van der Waals surface area contributed by atoms with E-state index in [9.17, 15) is 9.59 Å². The summed E-state index contributed by atoms with van der Waals surface area (Å²) in [5, 5.41) is 8.39. The Bertz CT molecular complexity index is 1420. The van der Waals surface area contributed by atoms with Crippen LogP contribution in [0.4, 0.5) is 0 Å². The largest absolute Gasteiger partial charge is 0.495 e. The molecule has 1 fully saturated rings. The topological polar surface area (TPSA) is 80.7 Å². The van der Waals surface area contributed by atoms with Crippen LogP contribution < -0.4 is 14.2 Å². The summed E-state index contributed by atoms with van der Waals surface area (Å²) in [5.74, 6) is 1.70. The molecule has 0 aromatic heterocycles. The molecule has 0 bridgehead atoms. The number of benzene rings is 3. The zero-order valence-electron chi connectivity index (χ0n) is 22.5. The Morgan fingerprint density at radius 1 is 0.921 bits per heavy atom. The van der Waals surface area contributed by atoms with Crippen molar-refractivity contribution in [1.29, 1.82) is 0 Å². The number of hydrazone groups is 1. The van der Waals surface area contributed by atoms with Crippen LogP contribution in [0.3, 0.4) is 0 Å². The number of ether oxygens (including phenoxy) is 3. The van der Waals surface area contributed by atoms with E-state index >= 15 is 0 Å². The lowest BCUT2D eigenvalue weighted by atomic mass is 9.83. The lowest BCUT2D eigenvalue weighted by Gasteiger charge is -2.35. The number of rotatable bonds is 6. The van der Waals surface area contributed by atoms with Crippen molar-refractivity contribution in [2.45, 2.75) is 32.7 Å².